The van der Waals surface area contributed by atoms with Gasteiger partial charge in [-0.1, -0.05) is 59.9 Å². The molecule has 0 saturated carbocycles. The molecule has 5 nitrogen and oxygen atoms in total. The molecular formula is C26H25N3O2S2. The van der Waals surface area contributed by atoms with E-state index in [1.54, 1.807) is 4.90 Å². The molecule has 2 aromatic carbocycles. The molecule has 2 aliphatic heterocycles. The number of benzene rings is 2. The Balaban J connectivity index is 1.55. The Kier molecular flexibility index (Phi) is 6.19. The molecule has 1 atom stereocenters. The van der Waals surface area contributed by atoms with Crippen LogP contribution in [0.4, 0.5) is 0 Å². The fourth-order valence-corrected chi connectivity index (χ4v) is 5.46. The molecule has 33 heavy (non-hydrogen) atoms. The van der Waals surface area contributed by atoms with Crippen molar-refractivity contribution < 1.29 is 9.53 Å². The Labute approximate surface area is 203 Å². The topological polar surface area (TPSA) is 47.4 Å². The van der Waals surface area contributed by atoms with Crippen molar-refractivity contribution in [2.45, 2.75) is 32.8 Å². The fourth-order valence-electron chi connectivity index (χ4n) is 4.20. The maximum atomic E-state index is 13.2. The summed E-state index contributed by atoms with van der Waals surface area (Å²) in [6.45, 7) is 5.44. The zero-order valence-electron chi connectivity index (χ0n) is 18.7. The molecule has 3 heterocycles. The van der Waals surface area contributed by atoms with Gasteiger partial charge in [0, 0.05) is 23.9 Å². The van der Waals surface area contributed by atoms with Gasteiger partial charge < -0.3 is 4.74 Å². The summed E-state index contributed by atoms with van der Waals surface area (Å²) >= 11 is 6.89. The highest BCUT2D eigenvalue weighted by Gasteiger charge is 2.35. The van der Waals surface area contributed by atoms with E-state index in [0.717, 1.165) is 47.5 Å². The number of amides is 1. The molecule has 7 heteroatoms. The third kappa shape index (κ3) is 4.53. The van der Waals surface area contributed by atoms with Crippen LogP contribution in [0.25, 0.3) is 23.0 Å². The van der Waals surface area contributed by atoms with Crippen LogP contribution in [-0.4, -0.2) is 44.2 Å². The van der Waals surface area contributed by atoms with Crippen molar-refractivity contribution in [2.75, 3.05) is 13.2 Å². The van der Waals surface area contributed by atoms with Gasteiger partial charge in [-0.2, -0.15) is 5.10 Å². The third-order valence-electron chi connectivity index (χ3n) is 5.98. The lowest BCUT2D eigenvalue weighted by Gasteiger charge is -2.18. The summed E-state index contributed by atoms with van der Waals surface area (Å²) < 4.78 is 8.18. The summed E-state index contributed by atoms with van der Waals surface area (Å²) in [6, 6.07) is 16.4. The molecule has 0 spiro atoms. The van der Waals surface area contributed by atoms with E-state index >= 15 is 0 Å². The molecule has 3 aromatic rings. The molecule has 1 aromatic heterocycles. The zero-order valence-corrected chi connectivity index (χ0v) is 20.3. The number of rotatable bonds is 5. The van der Waals surface area contributed by atoms with Gasteiger partial charge in [0.05, 0.1) is 23.2 Å². The van der Waals surface area contributed by atoms with Gasteiger partial charge in [-0.3, -0.25) is 9.69 Å². The standard InChI is InChI=1S/C26H25N3O2S2/c1-17-10-11-18(2)22(13-17)24-19(15-29(27-24)20-7-4-3-5-8-20)14-23-25(30)28(26(32)33-23)16-21-9-6-12-31-21/h3-5,7-8,10-11,13-15,21H,6,9,12,16H2,1-2H3/b23-14+/t21-/m0/s1. The van der Waals surface area contributed by atoms with E-state index in [4.69, 9.17) is 22.1 Å². The number of aromatic nitrogens is 2. The zero-order chi connectivity index (χ0) is 22.9. The van der Waals surface area contributed by atoms with Crippen molar-refractivity contribution >= 4 is 40.3 Å². The maximum absolute atomic E-state index is 13.2. The summed E-state index contributed by atoms with van der Waals surface area (Å²) in [6.07, 6.45) is 5.99. The van der Waals surface area contributed by atoms with E-state index in [2.05, 4.69) is 32.0 Å². The quantitative estimate of drug-likeness (QED) is 0.358. The van der Waals surface area contributed by atoms with Crippen molar-refractivity contribution in [3.8, 4) is 16.9 Å². The number of ether oxygens (including phenoxy) is 1. The molecule has 0 bridgehead atoms. The summed E-state index contributed by atoms with van der Waals surface area (Å²) in [4.78, 5) is 15.5. The predicted octanol–water partition coefficient (Wildman–Crippen LogP) is 5.54. The Bertz CT molecular complexity index is 1240. The average Bonchev–Trinajstić information content (AvgIpc) is 3.54. The number of thiocarbonyl (C=S) groups is 1. The molecule has 2 saturated heterocycles. The van der Waals surface area contributed by atoms with Crippen LogP contribution >= 0.6 is 24.0 Å². The van der Waals surface area contributed by atoms with Gasteiger partial charge in [-0.25, -0.2) is 4.68 Å². The van der Waals surface area contributed by atoms with E-state index < -0.39 is 0 Å². The first kappa shape index (κ1) is 22.1. The molecule has 0 aliphatic carbocycles. The molecule has 0 N–H and O–H groups in total. The lowest BCUT2D eigenvalue weighted by molar-refractivity contribution is -0.123. The Morgan fingerprint density at radius 1 is 1.21 bits per heavy atom. The first-order valence-electron chi connectivity index (χ1n) is 11.1. The van der Waals surface area contributed by atoms with Crippen molar-refractivity contribution in [1.29, 1.82) is 0 Å². The van der Waals surface area contributed by atoms with Gasteiger partial charge in [0.1, 0.15) is 10.0 Å². The van der Waals surface area contributed by atoms with Crippen LogP contribution in [-0.2, 0) is 9.53 Å². The van der Waals surface area contributed by atoms with Crippen LogP contribution in [0.2, 0.25) is 0 Å². The minimum atomic E-state index is -0.0557. The van der Waals surface area contributed by atoms with E-state index in [-0.39, 0.29) is 12.0 Å². The van der Waals surface area contributed by atoms with Gasteiger partial charge in [0.25, 0.3) is 5.91 Å². The number of carbonyl (C=O) groups excluding carboxylic acids is 1. The number of hydrogen-bond donors (Lipinski definition) is 0. The van der Waals surface area contributed by atoms with Gasteiger partial charge in [0.15, 0.2) is 0 Å². The highest BCUT2D eigenvalue weighted by atomic mass is 32.2. The van der Waals surface area contributed by atoms with Gasteiger partial charge in [-0.15, -0.1) is 0 Å². The Morgan fingerprint density at radius 2 is 2.03 bits per heavy atom. The number of thioether (sulfide) groups is 1. The maximum Gasteiger partial charge on any atom is 0.266 e. The van der Waals surface area contributed by atoms with E-state index in [9.17, 15) is 4.79 Å². The van der Waals surface area contributed by atoms with Crippen LogP contribution in [0, 0.1) is 13.8 Å². The SMILES string of the molecule is Cc1ccc(C)c(-c2nn(-c3ccccc3)cc2/C=C2/SC(=S)N(C[C@@H]3CCCO3)C2=O)c1. The second-order valence-electron chi connectivity index (χ2n) is 8.46. The monoisotopic (exact) mass is 475 g/mol. The Morgan fingerprint density at radius 3 is 2.79 bits per heavy atom. The summed E-state index contributed by atoms with van der Waals surface area (Å²) in [5.41, 5.74) is 6.08. The van der Waals surface area contributed by atoms with E-state index in [1.165, 1.54) is 17.3 Å². The fraction of sp³-hybridized carbons (Fsp3) is 0.269. The van der Waals surface area contributed by atoms with E-state index in [1.807, 2.05) is 47.3 Å². The normalized spacial score (nSPS) is 19.8. The van der Waals surface area contributed by atoms with Crippen LogP contribution in [0.3, 0.4) is 0 Å². The minimum absolute atomic E-state index is 0.0557. The first-order chi connectivity index (χ1) is 16.0. The molecule has 0 unspecified atom stereocenters. The second-order valence-corrected chi connectivity index (χ2v) is 10.1. The molecule has 0 radical (unpaired) electrons. The number of para-hydroxylation sites is 1. The third-order valence-corrected chi connectivity index (χ3v) is 7.36. The second kappa shape index (κ2) is 9.25. The number of carbonyl (C=O) groups is 1. The largest absolute Gasteiger partial charge is 0.376 e. The summed E-state index contributed by atoms with van der Waals surface area (Å²) in [5, 5.41) is 4.93. The lowest BCUT2D eigenvalue weighted by atomic mass is 10.0. The lowest BCUT2D eigenvalue weighted by Crippen LogP contribution is -2.35. The molecular weight excluding hydrogens is 450 g/mol. The van der Waals surface area contributed by atoms with E-state index in [0.29, 0.717) is 15.8 Å². The number of aryl methyl sites for hydroxylation is 2. The van der Waals surface area contributed by atoms with Gasteiger partial charge in [0.2, 0.25) is 0 Å². The van der Waals surface area contributed by atoms with Crippen molar-refractivity contribution in [3.63, 3.8) is 0 Å². The number of nitrogens with zero attached hydrogens (tertiary/aromatic N) is 3. The van der Waals surface area contributed by atoms with Gasteiger partial charge >= 0.3 is 0 Å². The molecule has 2 aliphatic rings. The van der Waals surface area contributed by atoms with Gasteiger partial charge in [-0.05, 0) is 56.5 Å². The number of hydrogen-bond acceptors (Lipinski definition) is 5. The first-order valence-corrected chi connectivity index (χ1v) is 12.3. The summed E-state index contributed by atoms with van der Waals surface area (Å²) in [7, 11) is 0. The van der Waals surface area contributed by atoms with Crippen molar-refractivity contribution in [2.24, 2.45) is 0 Å². The molecule has 168 valence electrons. The van der Waals surface area contributed by atoms with Crippen LogP contribution in [0.5, 0.6) is 0 Å². The molecule has 1 amide bonds. The van der Waals surface area contributed by atoms with Crippen molar-refractivity contribution in [3.05, 3.63) is 76.3 Å². The molecule has 2 fully saturated rings. The highest BCUT2D eigenvalue weighted by Crippen LogP contribution is 2.36. The van der Waals surface area contributed by atoms with Crippen LogP contribution in [0.15, 0.2) is 59.6 Å². The molecule has 5 rings (SSSR count). The average molecular weight is 476 g/mol. The van der Waals surface area contributed by atoms with Crippen LogP contribution < -0.4 is 0 Å². The van der Waals surface area contributed by atoms with Crippen molar-refractivity contribution in [1.82, 2.24) is 14.7 Å². The summed E-state index contributed by atoms with van der Waals surface area (Å²) in [5.74, 6) is -0.0557. The highest BCUT2D eigenvalue weighted by molar-refractivity contribution is 8.26. The minimum Gasteiger partial charge on any atom is -0.376 e. The smallest absolute Gasteiger partial charge is 0.266 e. The Hall–Kier alpha value is -2.74. The predicted molar refractivity (Wildman–Crippen MR) is 137 cm³/mol. The van der Waals surface area contributed by atoms with Crippen LogP contribution in [0.1, 0.15) is 29.5 Å².